The van der Waals surface area contributed by atoms with Crippen molar-refractivity contribution in [3.05, 3.63) is 0 Å². The summed E-state index contributed by atoms with van der Waals surface area (Å²) in [6.45, 7) is 3.46. The van der Waals surface area contributed by atoms with Crippen molar-refractivity contribution in [2.45, 2.75) is 58.3 Å². The maximum absolute atomic E-state index is 12.3. The molecule has 0 aromatic rings. The molecule has 0 bridgehead atoms. The number of amides is 1. The average molecular weight is 267 g/mol. The van der Waals surface area contributed by atoms with Gasteiger partial charge in [-0.2, -0.15) is 0 Å². The number of carbonyl (C=O) groups excluding carboxylic acids is 1. The van der Waals surface area contributed by atoms with Crippen molar-refractivity contribution in [3.63, 3.8) is 0 Å². The molecule has 0 atom stereocenters. The molecule has 1 amide bonds. The molecule has 1 aliphatic heterocycles. The lowest BCUT2D eigenvalue weighted by molar-refractivity contribution is -0.146. The van der Waals surface area contributed by atoms with Crippen LogP contribution < -0.4 is 0 Å². The second-order valence-electron chi connectivity index (χ2n) is 6.54. The second-order valence-corrected chi connectivity index (χ2v) is 6.54. The van der Waals surface area contributed by atoms with Gasteiger partial charge in [0.2, 0.25) is 5.91 Å². The number of likely N-dealkylation sites (tertiary alicyclic amines) is 1. The summed E-state index contributed by atoms with van der Waals surface area (Å²) in [4.78, 5) is 25.1. The van der Waals surface area contributed by atoms with Gasteiger partial charge in [0.25, 0.3) is 0 Å². The van der Waals surface area contributed by atoms with Crippen LogP contribution in [0.2, 0.25) is 0 Å². The van der Waals surface area contributed by atoms with Gasteiger partial charge in [0, 0.05) is 19.5 Å². The fraction of sp³-hybridized carbons (Fsp3) is 0.867. The third-order valence-electron chi connectivity index (χ3n) is 4.84. The molecule has 19 heavy (non-hydrogen) atoms. The van der Waals surface area contributed by atoms with Gasteiger partial charge in [-0.1, -0.05) is 26.2 Å². The number of carboxylic acids is 1. The maximum atomic E-state index is 12.3. The normalized spacial score (nSPS) is 24.2. The van der Waals surface area contributed by atoms with Gasteiger partial charge in [-0.3, -0.25) is 9.59 Å². The number of aliphatic carboxylic acids is 1. The molecule has 2 aliphatic rings. The van der Waals surface area contributed by atoms with Crippen LogP contribution in [0.25, 0.3) is 0 Å². The number of piperidine rings is 1. The van der Waals surface area contributed by atoms with Crippen molar-refractivity contribution >= 4 is 11.9 Å². The predicted octanol–water partition coefficient (Wildman–Crippen LogP) is 2.67. The van der Waals surface area contributed by atoms with E-state index in [0.717, 1.165) is 12.8 Å². The summed E-state index contributed by atoms with van der Waals surface area (Å²) in [7, 11) is 0. The summed E-state index contributed by atoms with van der Waals surface area (Å²) in [6.07, 6.45) is 7.96. The van der Waals surface area contributed by atoms with E-state index >= 15 is 0 Å². The summed E-state index contributed by atoms with van der Waals surface area (Å²) >= 11 is 0. The number of rotatable bonds is 3. The van der Waals surface area contributed by atoms with Gasteiger partial charge in [0.1, 0.15) is 0 Å². The third-order valence-corrected chi connectivity index (χ3v) is 4.84. The Kier molecular flexibility index (Phi) is 4.48. The van der Waals surface area contributed by atoms with Crippen LogP contribution in [0.3, 0.4) is 0 Å². The summed E-state index contributed by atoms with van der Waals surface area (Å²) in [5.74, 6) is -0.742. The fourth-order valence-corrected chi connectivity index (χ4v) is 3.43. The van der Waals surface area contributed by atoms with Crippen LogP contribution in [0.4, 0.5) is 0 Å². The summed E-state index contributed by atoms with van der Waals surface area (Å²) in [6, 6.07) is 0. The number of hydrogen-bond donors (Lipinski definition) is 1. The molecule has 4 heteroatoms. The number of nitrogens with zero attached hydrogens (tertiary/aromatic N) is 1. The van der Waals surface area contributed by atoms with Crippen molar-refractivity contribution in [3.8, 4) is 0 Å². The molecule has 0 unspecified atom stereocenters. The Morgan fingerprint density at radius 3 is 2.26 bits per heavy atom. The molecule has 1 heterocycles. The zero-order valence-corrected chi connectivity index (χ0v) is 11.9. The Morgan fingerprint density at radius 2 is 1.74 bits per heavy atom. The number of hydrogen-bond acceptors (Lipinski definition) is 2. The highest BCUT2D eigenvalue weighted by Gasteiger charge is 2.33. The molecule has 0 spiro atoms. The highest BCUT2D eigenvalue weighted by molar-refractivity contribution is 5.77. The zero-order valence-electron chi connectivity index (χ0n) is 11.9. The Hall–Kier alpha value is -1.06. The van der Waals surface area contributed by atoms with Crippen molar-refractivity contribution in [1.82, 2.24) is 4.90 Å². The van der Waals surface area contributed by atoms with Crippen LogP contribution in [-0.2, 0) is 9.59 Å². The Labute approximate surface area is 115 Å². The number of carbonyl (C=O) groups is 2. The van der Waals surface area contributed by atoms with Crippen LogP contribution in [0.1, 0.15) is 58.3 Å². The first-order chi connectivity index (χ1) is 9.00. The lowest BCUT2D eigenvalue weighted by Crippen LogP contribution is -2.42. The van der Waals surface area contributed by atoms with Gasteiger partial charge < -0.3 is 10.0 Å². The van der Waals surface area contributed by atoms with Crippen molar-refractivity contribution in [2.24, 2.45) is 11.3 Å². The van der Waals surface area contributed by atoms with E-state index in [0.29, 0.717) is 32.4 Å². The van der Waals surface area contributed by atoms with E-state index in [1.165, 1.54) is 19.3 Å². The minimum atomic E-state index is -0.716. The summed E-state index contributed by atoms with van der Waals surface area (Å²) < 4.78 is 0. The molecule has 1 aliphatic carbocycles. The van der Waals surface area contributed by atoms with E-state index in [9.17, 15) is 9.59 Å². The minimum absolute atomic E-state index is 0.180. The van der Waals surface area contributed by atoms with Crippen LogP contribution in [0.5, 0.6) is 0 Å². The molecule has 0 aromatic carbocycles. The SMILES string of the molecule is CC1(CC(=O)N2CCC(C(=O)O)CC2)CCCCC1. The van der Waals surface area contributed by atoms with Gasteiger partial charge in [-0.05, 0) is 31.1 Å². The second kappa shape index (κ2) is 5.93. The highest BCUT2D eigenvalue weighted by atomic mass is 16.4. The highest BCUT2D eigenvalue weighted by Crippen LogP contribution is 2.39. The predicted molar refractivity (Wildman–Crippen MR) is 72.7 cm³/mol. The van der Waals surface area contributed by atoms with Gasteiger partial charge in [-0.25, -0.2) is 0 Å². The van der Waals surface area contributed by atoms with Gasteiger partial charge >= 0.3 is 5.97 Å². The molecule has 1 saturated carbocycles. The Bertz CT molecular complexity index is 339. The molecular weight excluding hydrogens is 242 g/mol. The standard InChI is InChI=1S/C15H25NO3/c1-15(7-3-2-4-8-15)11-13(17)16-9-5-12(6-10-16)14(18)19/h12H,2-11H2,1H3,(H,18,19). The van der Waals surface area contributed by atoms with E-state index < -0.39 is 5.97 Å². The fourth-order valence-electron chi connectivity index (χ4n) is 3.43. The summed E-state index contributed by atoms with van der Waals surface area (Å²) in [5.41, 5.74) is 0.180. The van der Waals surface area contributed by atoms with Crippen LogP contribution in [0, 0.1) is 11.3 Å². The third kappa shape index (κ3) is 3.71. The largest absolute Gasteiger partial charge is 0.481 e. The summed E-state index contributed by atoms with van der Waals surface area (Å²) in [5, 5.41) is 8.96. The Balaban J connectivity index is 1.82. The molecule has 4 nitrogen and oxygen atoms in total. The molecule has 0 aromatic heterocycles. The van der Waals surface area contributed by atoms with E-state index in [-0.39, 0.29) is 17.2 Å². The maximum Gasteiger partial charge on any atom is 0.306 e. The lowest BCUT2D eigenvalue weighted by Gasteiger charge is -2.36. The van der Waals surface area contributed by atoms with Crippen LogP contribution >= 0.6 is 0 Å². The molecule has 1 saturated heterocycles. The van der Waals surface area contributed by atoms with E-state index in [1.54, 1.807) is 0 Å². The van der Waals surface area contributed by atoms with Crippen molar-refractivity contribution in [2.75, 3.05) is 13.1 Å². The van der Waals surface area contributed by atoms with Crippen molar-refractivity contribution < 1.29 is 14.7 Å². The van der Waals surface area contributed by atoms with Gasteiger partial charge in [0.15, 0.2) is 0 Å². The smallest absolute Gasteiger partial charge is 0.306 e. The minimum Gasteiger partial charge on any atom is -0.481 e. The van der Waals surface area contributed by atoms with E-state index in [1.807, 2.05) is 4.90 Å². The van der Waals surface area contributed by atoms with E-state index in [4.69, 9.17) is 5.11 Å². The molecule has 2 fully saturated rings. The first kappa shape index (κ1) is 14.4. The van der Waals surface area contributed by atoms with Crippen molar-refractivity contribution in [1.29, 1.82) is 0 Å². The first-order valence-corrected chi connectivity index (χ1v) is 7.51. The lowest BCUT2D eigenvalue weighted by atomic mass is 9.73. The molecule has 108 valence electrons. The molecule has 2 rings (SSSR count). The number of carboxylic acid groups (broad SMARTS) is 1. The zero-order chi connectivity index (χ0) is 13.9. The first-order valence-electron chi connectivity index (χ1n) is 7.51. The van der Waals surface area contributed by atoms with Gasteiger partial charge in [-0.15, -0.1) is 0 Å². The average Bonchev–Trinajstić information content (AvgIpc) is 2.39. The molecule has 1 N–H and O–H groups in total. The monoisotopic (exact) mass is 267 g/mol. The topological polar surface area (TPSA) is 57.6 Å². The molecule has 0 radical (unpaired) electrons. The van der Waals surface area contributed by atoms with E-state index in [2.05, 4.69) is 6.92 Å². The Morgan fingerprint density at radius 1 is 1.16 bits per heavy atom. The van der Waals surface area contributed by atoms with Crippen LogP contribution in [-0.4, -0.2) is 35.0 Å². The van der Waals surface area contributed by atoms with Crippen LogP contribution in [0.15, 0.2) is 0 Å². The quantitative estimate of drug-likeness (QED) is 0.855. The van der Waals surface area contributed by atoms with Gasteiger partial charge in [0.05, 0.1) is 5.92 Å². The molecular formula is C15H25NO3.